The van der Waals surface area contributed by atoms with Crippen molar-refractivity contribution in [2.24, 2.45) is 0 Å². The van der Waals surface area contributed by atoms with E-state index in [4.69, 9.17) is 25.8 Å². The molecule has 0 saturated heterocycles. The van der Waals surface area contributed by atoms with Crippen molar-refractivity contribution in [1.29, 1.82) is 0 Å². The minimum Gasteiger partial charge on any atom is -0.493 e. The molecule has 1 heterocycles. The van der Waals surface area contributed by atoms with Gasteiger partial charge in [-0.05, 0) is 53.6 Å². The quantitative estimate of drug-likeness (QED) is 0.264. The Hall–Kier alpha value is -4.23. The van der Waals surface area contributed by atoms with Gasteiger partial charge in [-0.3, -0.25) is 9.36 Å². The fourth-order valence-corrected chi connectivity index (χ4v) is 3.76. The van der Waals surface area contributed by atoms with Gasteiger partial charge in [0.05, 0.1) is 32.7 Å². The Kier molecular flexibility index (Phi) is 7.08. The second kappa shape index (κ2) is 10.4. The molecule has 0 aliphatic carbocycles. The van der Waals surface area contributed by atoms with Crippen molar-refractivity contribution in [3.63, 3.8) is 0 Å². The largest absolute Gasteiger partial charge is 0.493 e. The van der Waals surface area contributed by atoms with E-state index in [-0.39, 0.29) is 11.5 Å². The van der Waals surface area contributed by atoms with Crippen LogP contribution >= 0.6 is 11.6 Å². The summed E-state index contributed by atoms with van der Waals surface area (Å²) >= 11 is 5.95. The lowest BCUT2D eigenvalue weighted by molar-refractivity contribution is 0.104. The Balaban J connectivity index is 1.60. The first-order valence-electron chi connectivity index (χ1n) is 10.6. The highest BCUT2D eigenvalue weighted by molar-refractivity contribution is 6.30. The Morgan fingerprint density at radius 1 is 0.943 bits per heavy atom. The van der Waals surface area contributed by atoms with Crippen LogP contribution in [-0.4, -0.2) is 36.7 Å². The summed E-state index contributed by atoms with van der Waals surface area (Å²) in [6, 6.07) is 17.5. The van der Waals surface area contributed by atoms with Crippen molar-refractivity contribution in [3.05, 3.63) is 99.6 Å². The summed E-state index contributed by atoms with van der Waals surface area (Å²) in [5.74, 6) is 1.23. The van der Waals surface area contributed by atoms with Gasteiger partial charge in [-0.15, -0.1) is 0 Å². The molecule has 0 atom stereocenters. The third kappa shape index (κ3) is 5.15. The fraction of sp³-hybridized carbons (Fsp3) is 0.111. The van der Waals surface area contributed by atoms with Crippen molar-refractivity contribution >= 4 is 23.5 Å². The van der Waals surface area contributed by atoms with Crippen molar-refractivity contribution in [1.82, 2.24) is 9.55 Å². The zero-order valence-electron chi connectivity index (χ0n) is 19.4. The predicted molar refractivity (Wildman–Crippen MR) is 136 cm³/mol. The maximum Gasteiger partial charge on any atom is 0.330 e. The molecular formula is C27H23ClN2O5. The Labute approximate surface area is 207 Å². The summed E-state index contributed by atoms with van der Waals surface area (Å²) in [5, 5.41) is 0.612. The second-order valence-electron chi connectivity index (χ2n) is 7.56. The van der Waals surface area contributed by atoms with Gasteiger partial charge in [-0.25, -0.2) is 4.79 Å². The maximum atomic E-state index is 12.9. The number of ketones is 1. The topological polar surface area (TPSA) is 82.6 Å². The highest BCUT2D eigenvalue weighted by atomic mass is 35.5. The van der Waals surface area contributed by atoms with Gasteiger partial charge in [0.1, 0.15) is 0 Å². The number of methoxy groups -OCH3 is 3. The fourth-order valence-electron chi connectivity index (χ4n) is 3.64. The third-order valence-electron chi connectivity index (χ3n) is 5.40. The van der Waals surface area contributed by atoms with Crippen LogP contribution in [0.1, 0.15) is 15.9 Å². The molecule has 8 heteroatoms. The Morgan fingerprint density at radius 2 is 1.63 bits per heavy atom. The van der Waals surface area contributed by atoms with Crippen LogP contribution < -0.4 is 19.9 Å². The molecule has 1 N–H and O–H groups in total. The van der Waals surface area contributed by atoms with Gasteiger partial charge in [0.2, 0.25) is 5.75 Å². The molecule has 178 valence electrons. The van der Waals surface area contributed by atoms with Crippen LogP contribution in [0.2, 0.25) is 5.02 Å². The van der Waals surface area contributed by atoms with E-state index in [9.17, 15) is 9.59 Å². The normalized spacial score (nSPS) is 11.0. The van der Waals surface area contributed by atoms with Crippen molar-refractivity contribution in [3.8, 4) is 34.2 Å². The highest BCUT2D eigenvalue weighted by Crippen LogP contribution is 2.38. The van der Waals surface area contributed by atoms with Crippen LogP contribution in [0.3, 0.4) is 0 Å². The minimum absolute atomic E-state index is 0.220. The van der Waals surface area contributed by atoms with Gasteiger partial charge in [-0.2, -0.15) is 0 Å². The summed E-state index contributed by atoms with van der Waals surface area (Å²) in [5.41, 5.74) is 2.87. The van der Waals surface area contributed by atoms with Crippen LogP contribution in [0.4, 0.5) is 0 Å². The predicted octanol–water partition coefficient (Wildman–Crippen LogP) is 5.41. The monoisotopic (exact) mass is 490 g/mol. The lowest BCUT2D eigenvalue weighted by atomic mass is 10.1. The molecular weight excluding hydrogens is 468 g/mol. The first-order chi connectivity index (χ1) is 16.9. The zero-order valence-corrected chi connectivity index (χ0v) is 20.1. The van der Waals surface area contributed by atoms with E-state index in [1.165, 1.54) is 32.0 Å². The number of hydrogen-bond acceptors (Lipinski definition) is 5. The molecule has 0 aliphatic heterocycles. The lowest BCUT2D eigenvalue weighted by Crippen LogP contribution is -2.14. The first kappa shape index (κ1) is 23.9. The van der Waals surface area contributed by atoms with Crippen molar-refractivity contribution in [2.45, 2.75) is 0 Å². The molecule has 0 spiro atoms. The van der Waals surface area contributed by atoms with E-state index in [0.717, 1.165) is 5.56 Å². The van der Waals surface area contributed by atoms with E-state index in [1.807, 2.05) is 12.1 Å². The zero-order chi connectivity index (χ0) is 24.9. The summed E-state index contributed by atoms with van der Waals surface area (Å²) in [7, 11) is 4.59. The summed E-state index contributed by atoms with van der Waals surface area (Å²) in [4.78, 5) is 28.3. The standard InChI is InChI=1S/C27H23ClN2O5/c1-33-24-13-17(14-25(34-2)26(24)35-3)7-12-23(31)19-5-4-6-21(15-19)30-16-22(29-27(30)32)18-8-10-20(28)11-9-18/h4-16H,1-3H3,(H,29,32). The highest BCUT2D eigenvalue weighted by Gasteiger charge is 2.13. The number of nitrogens with one attached hydrogen (secondary N) is 1. The lowest BCUT2D eigenvalue weighted by Gasteiger charge is -2.12. The first-order valence-corrected chi connectivity index (χ1v) is 11.0. The number of H-pyrrole nitrogens is 1. The molecule has 0 aliphatic rings. The number of halogens is 1. The molecule has 7 nitrogen and oxygen atoms in total. The molecule has 0 bridgehead atoms. The molecule has 0 amide bonds. The average Bonchev–Trinajstić information content (AvgIpc) is 3.28. The molecule has 0 unspecified atom stereocenters. The number of nitrogens with zero attached hydrogens (tertiary/aromatic N) is 1. The average molecular weight is 491 g/mol. The maximum absolute atomic E-state index is 12.9. The summed E-state index contributed by atoms with van der Waals surface area (Å²) < 4.78 is 17.5. The van der Waals surface area contributed by atoms with Gasteiger partial charge in [0.25, 0.3) is 0 Å². The molecule has 0 saturated carbocycles. The van der Waals surface area contributed by atoms with E-state index in [0.29, 0.717) is 44.8 Å². The van der Waals surface area contributed by atoms with Gasteiger partial charge in [-0.1, -0.05) is 41.9 Å². The van der Waals surface area contributed by atoms with Crippen LogP contribution in [-0.2, 0) is 0 Å². The Bertz CT molecular complexity index is 1430. The van der Waals surface area contributed by atoms with Crippen LogP contribution in [0.5, 0.6) is 17.2 Å². The van der Waals surface area contributed by atoms with Crippen LogP contribution in [0.25, 0.3) is 23.0 Å². The van der Waals surface area contributed by atoms with Crippen molar-refractivity contribution < 1.29 is 19.0 Å². The molecule has 4 rings (SSSR count). The SMILES string of the molecule is COc1cc(C=CC(=O)c2cccc(-n3cc(-c4ccc(Cl)cc4)[nH]c3=O)c2)cc(OC)c1OC. The molecule has 35 heavy (non-hydrogen) atoms. The van der Waals surface area contributed by atoms with E-state index in [2.05, 4.69) is 4.98 Å². The number of allylic oxidation sites excluding steroid dienone is 1. The van der Waals surface area contributed by atoms with Gasteiger partial charge in [0, 0.05) is 16.8 Å². The minimum atomic E-state index is -0.312. The second-order valence-corrected chi connectivity index (χ2v) is 7.99. The van der Waals surface area contributed by atoms with Crippen LogP contribution in [0.15, 0.2) is 77.7 Å². The number of rotatable bonds is 8. The smallest absolute Gasteiger partial charge is 0.330 e. The van der Waals surface area contributed by atoms with E-state index >= 15 is 0 Å². The van der Waals surface area contributed by atoms with Crippen molar-refractivity contribution in [2.75, 3.05) is 21.3 Å². The van der Waals surface area contributed by atoms with E-state index in [1.54, 1.807) is 60.8 Å². The summed E-state index contributed by atoms with van der Waals surface area (Å²) in [6.07, 6.45) is 4.82. The molecule has 0 radical (unpaired) electrons. The number of carbonyl (C=O) groups is 1. The molecule has 1 aromatic heterocycles. The molecule has 4 aromatic rings. The van der Waals surface area contributed by atoms with Gasteiger partial charge in [0.15, 0.2) is 17.3 Å². The molecule has 0 fully saturated rings. The number of benzene rings is 3. The molecule has 3 aromatic carbocycles. The van der Waals surface area contributed by atoms with E-state index < -0.39 is 0 Å². The number of ether oxygens (including phenoxy) is 3. The van der Waals surface area contributed by atoms with Gasteiger partial charge >= 0.3 is 5.69 Å². The number of hydrogen-bond donors (Lipinski definition) is 1. The van der Waals surface area contributed by atoms with Crippen LogP contribution in [0, 0.1) is 0 Å². The third-order valence-corrected chi connectivity index (χ3v) is 5.65. The number of carbonyl (C=O) groups excluding carboxylic acids is 1. The number of imidazole rings is 1. The summed E-state index contributed by atoms with van der Waals surface area (Å²) in [6.45, 7) is 0. The number of aromatic amines is 1. The van der Waals surface area contributed by atoms with Gasteiger partial charge < -0.3 is 19.2 Å². The Morgan fingerprint density at radius 3 is 2.26 bits per heavy atom. The number of aromatic nitrogens is 2.